The van der Waals surface area contributed by atoms with Gasteiger partial charge >= 0.3 is 5.97 Å². The number of benzene rings is 1. The van der Waals surface area contributed by atoms with E-state index in [1.54, 1.807) is 18.1 Å². The molecule has 0 N–H and O–H groups in total. The first kappa shape index (κ1) is 17.2. The Morgan fingerprint density at radius 1 is 1.22 bits per heavy atom. The van der Waals surface area contributed by atoms with Crippen LogP contribution in [0.3, 0.4) is 0 Å². The summed E-state index contributed by atoms with van der Waals surface area (Å²) in [6, 6.07) is 5.13. The lowest BCUT2D eigenvalue weighted by Gasteiger charge is -2.35. The third kappa shape index (κ3) is 4.19. The summed E-state index contributed by atoms with van der Waals surface area (Å²) in [7, 11) is 0. The molecule has 126 valence electrons. The van der Waals surface area contributed by atoms with Gasteiger partial charge in [0.2, 0.25) is 0 Å². The summed E-state index contributed by atoms with van der Waals surface area (Å²) in [5.74, 6) is -0.239. The van der Waals surface area contributed by atoms with Gasteiger partial charge in [-0.2, -0.15) is 0 Å². The van der Waals surface area contributed by atoms with E-state index >= 15 is 0 Å². The van der Waals surface area contributed by atoms with Gasteiger partial charge in [-0.25, -0.2) is 4.79 Å². The average molecular weight is 321 g/mol. The molecule has 2 rings (SSSR count). The number of piperazine rings is 1. The van der Waals surface area contributed by atoms with Crippen molar-refractivity contribution < 1.29 is 14.6 Å². The summed E-state index contributed by atoms with van der Waals surface area (Å²) < 4.78 is 0. The third-order valence-corrected chi connectivity index (χ3v) is 3.81. The molecule has 1 aromatic rings. The van der Waals surface area contributed by atoms with E-state index in [0.29, 0.717) is 31.7 Å². The SMILES string of the molecule is Cc1cc(N2CCN(OC(=O)C(C)(C)C)CC2)ccc1[N+](=O)[O-]. The first-order chi connectivity index (χ1) is 10.7. The summed E-state index contributed by atoms with van der Waals surface area (Å²) in [6.45, 7) is 9.84. The van der Waals surface area contributed by atoms with Crippen molar-refractivity contribution in [2.45, 2.75) is 27.7 Å². The van der Waals surface area contributed by atoms with Crippen LogP contribution in [0.2, 0.25) is 0 Å². The van der Waals surface area contributed by atoms with Crippen molar-refractivity contribution in [3.05, 3.63) is 33.9 Å². The quantitative estimate of drug-likeness (QED) is 0.629. The number of anilines is 1. The molecule has 1 saturated heterocycles. The highest BCUT2D eigenvalue weighted by Gasteiger charge is 2.28. The number of carbonyl (C=O) groups is 1. The molecular formula is C16H23N3O4. The Hall–Kier alpha value is -2.15. The van der Waals surface area contributed by atoms with Crippen LogP contribution in [0, 0.1) is 22.5 Å². The summed E-state index contributed by atoms with van der Waals surface area (Å²) in [5.41, 5.74) is 1.21. The normalized spacial score (nSPS) is 16.3. The van der Waals surface area contributed by atoms with Crippen molar-refractivity contribution in [2.75, 3.05) is 31.1 Å². The molecule has 7 nitrogen and oxygen atoms in total. The van der Waals surface area contributed by atoms with Crippen LogP contribution in [0.15, 0.2) is 18.2 Å². The van der Waals surface area contributed by atoms with Crippen LogP contribution in [-0.4, -0.2) is 42.1 Å². The van der Waals surface area contributed by atoms with E-state index in [4.69, 9.17) is 4.84 Å². The molecule has 1 aromatic carbocycles. The van der Waals surface area contributed by atoms with Crippen molar-refractivity contribution in [2.24, 2.45) is 5.41 Å². The van der Waals surface area contributed by atoms with Crippen molar-refractivity contribution in [1.82, 2.24) is 5.06 Å². The average Bonchev–Trinajstić information content (AvgIpc) is 2.46. The molecule has 1 heterocycles. The second-order valence-electron chi connectivity index (χ2n) is 6.77. The van der Waals surface area contributed by atoms with Crippen LogP contribution < -0.4 is 4.90 Å². The number of nitrogens with zero attached hydrogens (tertiary/aromatic N) is 3. The van der Waals surface area contributed by atoms with Crippen LogP contribution in [0.25, 0.3) is 0 Å². The minimum atomic E-state index is -0.521. The minimum Gasteiger partial charge on any atom is -0.369 e. The van der Waals surface area contributed by atoms with Crippen molar-refractivity contribution in [3.8, 4) is 0 Å². The molecule has 0 atom stereocenters. The molecule has 0 aromatic heterocycles. The van der Waals surface area contributed by atoms with Crippen molar-refractivity contribution >= 4 is 17.3 Å². The van der Waals surface area contributed by atoms with Gasteiger partial charge in [0, 0.05) is 30.4 Å². The number of hydroxylamine groups is 2. The van der Waals surface area contributed by atoms with Crippen LogP contribution in [0.5, 0.6) is 0 Å². The maximum atomic E-state index is 11.9. The second kappa shape index (κ2) is 6.54. The van der Waals surface area contributed by atoms with E-state index in [2.05, 4.69) is 4.90 Å². The molecule has 0 amide bonds. The van der Waals surface area contributed by atoms with Gasteiger partial charge in [-0.1, -0.05) is 0 Å². The molecule has 7 heteroatoms. The minimum absolute atomic E-state index is 0.131. The van der Waals surface area contributed by atoms with Crippen molar-refractivity contribution in [1.29, 1.82) is 0 Å². The first-order valence-electron chi connectivity index (χ1n) is 7.66. The van der Waals surface area contributed by atoms with Gasteiger partial charge in [0.1, 0.15) is 0 Å². The van der Waals surface area contributed by atoms with E-state index in [-0.39, 0.29) is 16.6 Å². The van der Waals surface area contributed by atoms with Gasteiger partial charge in [-0.3, -0.25) is 10.1 Å². The predicted molar refractivity (Wildman–Crippen MR) is 87.2 cm³/mol. The van der Waals surface area contributed by atoms with Crippen LogP contribution in [0.1, 0.15) is 26.3 Å². The maximum absolute atomic E-state index is 11.9. The fraction of sp³-hybridized carbons (Fsp3) is 0.562. The maximum Gasteiger partial charge on any atom is 0.330 e. The number of nitro benzene ring substituents is 1. The smallest absolute Gasteiger partial charge is 0.330 e. The topological polar surface area (TPSA) is 75.9 Å². The largest absolute Gasteiger partial charge is 0.369 e. The molecule has 0 saturated carbocycles. The zero-order chi connectivity index (χ0) is 17.2. The van der Waals surface area contributed by atoms with Gasteiger partial charge in [0.15, 0.2) is 0 Å². The van der Waals surface area contributed by atoms with Crippen LogP contribution in [0.4, 0.5) is 11.4 Å². The Bertz CT molecular complexity index is 602. The monoisotopic (exact) mass is 321 g/mol. The van der Waals surface area contributed by atoms with Gasteiger partial charge in [0.05, 0.1) is 23.4 Å². The fourth-order valence-electron chi connectivity index (χ4n) is 2.33. The zero-order valence-electron chi connectivity index (χ0n) is 14.0. The molecule has 23 heavy (non-hydrogen) atoms. The molecule has 1 aliphatic heterocycles. The van der Waals surface area contributed by atoms with E-state index in [1.807, 2.05) is 26.8 Å². The molecular weight excluding hydrogens is 298 g/mol. The highest BCUT2D eigenvalue weighted by molar-refractivity contribution is 5.75. The van der Waals surface area contributed by atoms with Gasteiger partial charge in [-0.05, 0) is 39.8 Å². The zero-order valence-corrected chi connectivity index (χ0v) is 14.0. The number of hydrogen-bond donors (Lipinski definition) is 0. The Morgan fingerprint density at radius 3 is 2.30 bits per heavy atom. The van der Waals surface area contributed by atoms with E-state index in [0.717, 1.165) is 5.69 Å². The number of nitro groups is 1. The van der Waals surface area contributed by atoms with Crippen molar-refractivity contribution in [3.63, 3.8) is 0 Å². The highest BCUT2D eigenvalue weighted by atomic mass is 16.7. The molecule has 0 spiro atoms. The summed E-state index contributed by atoms with van der Waals surface area (Å²) in [4.78, 5) is 29.9. The Kier molecular flexibility index (Phi) is 4.89. The van der Waals surface area contributed by atoms with Crippen LogP contribution in [-0.2, 0) is 9.63 Å². The van der Waals surface area contributed by atoms with E-state index in [9.17, 15) is 14.9 Å². The lowest BCUT2D eigenvalue weighted by atomic mass is 9.98. The lowest BCUT2D eigenvalue weighted by molar-refractivity contribution is -0.385. The van der Waals surface area contributed by atoms with E-state index < -0.39 is 5.41 Å². The highest BCUT2D eigenvalue weighted by Crippen LogP contribution is 2.25. The molecule has 1 fully saturated rings. The number of hydrogen-bond acceptors (Lipinski definition) is 6. The summed E-state index contributed by atoms with van der Waals surface area (Å²) >= 11 is 0. The first-order valence-corrected chi connectivity index (χ1v) is 7.66. The third-order valence-electron chi connectivity index (χ3n) is 3.81. The summed E-state index contributed by atoms with van der Waals surface area (Å²) in [6.07, 6.45) is 0. The van der Waals surface area contributed by atoms with Gasteiger partial charge in [-0.15, -0.1) is 5.06 Å². The Morgan fingerprint density at radius 2 is 1.83 bits per heavy atom. The van der Waals surface area contributed by atoms with Crippen LogP contribution >= 0.6 is 0 Å². The Balaban J connectivity index is 1.96. The number of rotatable bonds is 3. The predicted octanol–water partition coefficient (Wildman–Crippen LogP) is 2.53. The Labute approximate surface area is 135 Å². The standard InChI is InChI=1S/C16H23N3O4/c1-12-11-13(5-6-14(12)19(21)22)17-7-9-18(10-8-17)23-15(20)16(2,3)4/h5-6,11H,7-10H2,1-4H3. The molecule has 0 aliphatic carbocycles. The lowest BCUT2D eigenvalue weighted by Crippen LogP contribution is -2.48. The molecule has 0 radical (unpaired) electrons. The summed E-state index contributed by atoms with van der Waals surface area (Å²) in [5, 5.41) is 12.6. The number of carbonyl (C=O) groups excluding carboxylic acids is 1. The molecule has 1 aliphatic rings. The van der Waals surface area contributed by atoms with Gasteiger partial charge in [0.25, 0.3) is 5.69 Å². The second-order valence-corrected chi connectivity index (χ2v) is 6.77. The molecule has 0 unspecified atom stereocenters. The fourth-order valence-corrected chi connectivity index (χ4v) is 2.33. The number of aryl methyl sites for hydroxylation is 1. The van der Waals surface area contributed by atoms with E-state index in [1.165, 1.54) is 6.07 Å². The molecule has 0 bridgehead atoms. The van der Waals surface area contributed by atoms with Gasteiger partial charge < -0.3 is 9.74 Å².